The van der Waals surface area contributed by atoms with E-state index in [4.69, 9.17) is 11.6 Å². The number of anilines is 1. The molecule has 0 radical (unpaired) electrons. The number of benzene rings is 1. The monoisotopic (exact) mass is 296 g/mol. The lowest BCUT2D eigenvalue weighted by molar-refractivity contribution is -0.136. The molecule has 1 saturated carbocycles. The van der Waals surface area contributed by atoms with Crippen molar-refractivity contribution in [1.82, 2.24) is 5.32 Å². The van der Waals surface area contributed by atoms with Crippen molar-refractivity contribution in [2.75, 3.05) is 11.4 Å². The van der Waals surface area contributed by atoms with E-state index in [0.29, 0.717) is 5.02 Å². The Balaban J connectivity index is 2.01. The van der Waals surface area contributed by atoms with Crippen molar-refractivity contribution in [2.45, 2.75) is 25.3 Å². The van der Waals surface area contributed by atoms with Gasteiger partial charge in [0.1, 0.15) is 17.9 Å². The Morgan fingerprint density at radius 3 is 2.75 bits per heavy atom. The Kier molecular flexibility index (Phi) is 2.97. The molecule has 1 N–H and O–H groups in total. The molecule has 1 aromatic rings. The van der Waals surface area contributed by atoms with Gasteiger partial charge in [-0.05, 0) is 43.9 Å². The van der Waals surface area contributed by atoms with E-state index in [1.165, 1.54) is 23.1 Å². The summed E-state index contributed by atoms with van der Waals surface area (Å²) in [6.07, 6.45) is 1.79. The fraction of sp³-hybridized carbons (Fsp3) is 0.429. The number of hydrogen-bond acceptors (Lipinski definition) is 2. The van der Waals surface area contributed by atoms with E-state index < -0.39 is 11.4 Å². The Hall–Kier alpha value is -1.62. The summed E-state index contributed by atoms with van der Waals surface area (Å²) in [6.45, 7) is 1.53. The van der Waals surface area contributed by atoms with E-state index in [-0.39, 0.29) is 30.0 Å². The van der Waals surface area contributed by atoms with Gasteiger partial charge in [-0.15, -0.1) is 0 Å². The van der Waals surface area contributed by atoms with Gasteiger partial charge in [-0.1, -0.05) is 11.6 Å². The number of hydrogen-bond donors (Lipinski definition) is 1. The number of carbonyl (C=O) groups is 2. The fourth-order valence-electron chi connectivity index (χ4n) is 2.70. The molecule has 1 unspecified atom stereocenters. The molecular weight excluding hydrogens is 283 g/mol. The molecule has 0 spiro atoms. The molecule has 6 heteroatoms. The van der Waals surface area contributed by atoms with E-state index in [1.807, 2.05) is 0 Å². The predicted molar refractivity (Wildman–Crippen MR) is 73.0 cm³/mol. The smallest absolute Gasteiger partial charge is 0.253 e. The summed E-state index contributed by atoms with van der Waals surface area (Å²) in [6, 6.07) is 3.99. The molecule has 1 aliphatic heterocycles. The van der Waals surface area contributed by atoms with Crippen LogP contribution in [0.15, 0.2) is 18.2 Å². The summed E-state index contributed by atoms with van der Waals surface area (Å²) >= 11 is 5.86. The van der Waals surface area contributed by atoms with Crippen molar-refractivity contribution in [1.29, 1.82) is 0 Å². The van der Waals surface area contributed by atoms with Crippen LogP contribution < -0.4 is 10.2 Å². The van der Waals surface area contributed by atoms with Crippen LogP contribution in [0.4, 0.5) is 10.1 Å². The van der Waals surface area contributed by atoms with Gasteiger partial charge < -0.3 is 5.32 Å². The van der Waals surface area contributed by atoms with Crippen LogP contribution in [-0.2, 0) is 9.59 Å². The highest BCUT2D eigenvalue weighted by Crippen LogP contribution is 2.42. The Labute approximate surface area is 120 Å². The molecule has 0 aromatic heterocycles. The van der Waals surface area contributed by atoms with Gasteiger partial charge in [0.2, 0.25) is 5.91 Å². The molecule has 4 nitrogen and oxygen atoms in total. The third-order valence-corrected chi connectivity index (χ3v) is 4.22. The Morgan fingerprint density at radius 2 is 2.10 bits per heavy atom. The third-order valence-electron chi connectivity index (χ3n) is 3.98. The number of carbonyl (C=O) groups excluding carboxylic acids is 2. The molecule has 20 heavy (non-hydrogen) atoms. The number of piperazine rings is 1. The summed E-state index contributed by atoms with van der Waals surface area (Å²) in [5, 5.41) is 3.08. The van der Waals surface area contributed by atoms with Crippen LogP contribution in [0.2, 0.25) is 5.02 Å². The second-order valence-electron chi connectivity index (χ2n) is 5.51. The highest BCUT2D eigenvalue weighted by Gasteiger charge is 2.53. The quantitative estimate of drug-likeness (QED) is 0.909. The first-order chi connectivity index (χ1) is 9.41. The second-order valence-corrected chi connectivity index (χ2v) is 5.95. The summed E-state index contributed by atoms with van der Waals surface area (Å²) in [7, 11) is 0. The Bertz CT molecular complexity index is 603. The van der Waals surface area contributed by atoms with Gasteiger partial charge in [0.05, 0.1) is 5.69 Å². The maximum absolute atomic E-state index is 13.9. The SMILES string of the molecule is CC1(C2CC2)NC(=O)CN(c2cc(Cl)ccc2F)C1=O. The third kappa shape index (κ3) is 2.06. The zero-order chi connectivity index (χ0) is 14.5. The topological polar surface area (TPSA) is 49.4 Å². The summed E-state index contributed by atoms with van der Waals surface area (Å²) in [5.41, 5.74) is -0.881. The minimum atomic E-state index is -0.940. The molecule has 1 saturated heterocycles. The van der Waals surface area contributed by atoms with E-state index >= 15 is 0 Å². The summed E-state index contributed by atoms with van der Waals surface area (Å²) < 4.78 is 13.9. The first-order valence-corrected chi connectivity index (χ1v) is 6.87. The van der Waals surface area contributed by atoms with E-state index in [0.717, 1.165) is 12.8 Å². The van der Waals surface area contributed by atoms with Crippen molar-refractivity contribution in [3.8, 4) is 0 Å². The number of nitrogens with zero attached hydrogens (tertiary/aromatic N) is 1. The van der Waals surface area contributed by atoms with Gasteiger partial charge in [-0.2, -0.15) is 0 Å². The number of nitrogens with one attached hydrogen (secondary N) is 1. The van der Waals surface area contributed by atoms with Gasteiger partial charge in [-0.25, -0.2) is 4.39 Å². The molecule has 0 bridgehead atoms. The zero-order valence-corrected chi connectivity index (χ0v) is 11.7. The highest BCUT2D eigenvalue weighted by molar-refractivity contribution is 6.31. The molecule has 2 aliphatic rings. The van der Waals surface area contributed by atoms with Gasteiger partial charge in [0.15, 0.2) is 0 Å². The maximum atomic E-state index is 13.9. The molecular formula is C14H14ClFN2O2. The van der Waals surface area contributed by atoms with Crippen molar-refractivity contribution in [3.63, 3.8) is 0 Å². The molecule has 1 heterocycles. The molecule has 3 rings (SSSR count). The number of halogens is 2. The van der Waals surface area contributed by atoms with Crippen LogP contribution in [0.5, 0.6) is 0 Å². The maximum Gasteiger partial charge on any atom is 0.253 e. The van der Waals surface area contributed by atoms with Crippen LogP contribution in [-0.4, -0.2) is 23.9 Å². The molecule has 1 aromatic carbocycles. The number of amides is 2. The second kappa shape index (κ2) is 4.45. The molecule has 2 fully saturated rings. The van der Waals surface area contributed by atoms with Gasteiger partial charge in [0, 0.05) is 5.02 Å². The first-order valence-electron chi connectivity index (χ1n) is 6.50. The summed E-state index contributed by atoms with van der Waals surface area (Å²) in [4.78, 5) is 25.7. The van der Waals surface area contributed by atoms with Gasteiger partial charge in [0.25, 0.3) is 5.91 Å². The largest absolute Gasteiger partial charge is 0.340 e. The fourth-order valence-corrected chi connectivity index (χ4v) is 2.87. The Morgan fingerprint density at radius 1 is 1.40 bits per heavy atom. The van der Waals surface area contributed by atoms with E-state index in [9.17, 15) is 14.0 Å². The molecule has 2 amide bonds. The lowest BCUT2D eigenvalue weighted by Gasteiger charge is -2.40. The van der Waals surface area contributed by atoms with Crippen LogP contribution in [0.3, 0.4) is 0 Å². The lowest BCUT2D eigenvalue weighted by Crippen LogP contribution is -2.66. The molecule has 1 atom stereocenters. The van der Waals surface area contributed by atoms with Crippen molar-refractivity contribution in [2.24, 2.45) is 5.92 Å². The van der Waals surface area contributed by atoms with E-state index in [1.54, 1.807) is 6.92 Å². The van der Waals surface area contributed by atoms with E-state index in [2.05, 4.69) is 5.32 Å². The lowest BCUT2D eigenvalue weighted by atomic mass is 9.91. The van der Waals surface area contributed by atoms with Crippen LogP contribution >= 0.6 is 11.6 Å². The van der Waals surface area contributed by atoms with Crippen molar-refractivity contribution >= 4 is 29.1 Å². The van der Waals surface area contributed by atoms with Gasteiger partial charge >= 0.3 is 0 Å². The molecule has 1 aliphatic carbocycles. The average molecular weight is 297 g/mol. The first kappa shape index (κ1) is 13.4. The standard InChI is InChI=1S/C14H14ClFN2O2/c1-14(8-2-3-8)13(20)18(7-12(19)17-14)11-6-9(15)4-5-10(11)16/h4-6,8H,2-3,7H2,1H3,(H,17,19). The minimum Gasteiger partial charge on any atom is -0.340 e. The average Bonchev–Trinajstić information content (AvgIpc) is 3.21. The molecule has 106 valence electrons. The minimum absolute atomic E-state index is 0.0595. The van der Waals surface area contributed by atoms with Crippen molar-refractivity contribution in [3.05, 3.63) is 29.0 Å². The number of rotatable bonds is 2. The van der Waals surface area contributed by atoms with Gasteiger partial charge in [-0.3, -0.25) is 14.5 Å². The van der Waals surface area contributed by atoms with Crippen LogP contribution in [0, 0.1) is 11.7 Å². The van der Waals surface area contributed by atoms with Crippen molar-refractivity contribution < 1.29 is 14.0 Å². The van der Waals surface area contributed by atoms with Crippen LogP contribution in [0.1, 0.15) is 19.8 Å². The predicted octanol–water partition coefficient (Wildman–Crippen LogP) is 2.11. The van der Waals surface area contributed by atoms with Crippen LogP contribution in [0.25, 0.3) is 0 Å². The highest BCUT2D eigenvalue weighted by atomic mass is 35.5. The normalized spacial score (nSPS) is 26.6. The zero-order valence-electron chi connectivity index (χ0n) is 11.0. The summed E-state index contributed by atoms with van der Waals surface area (Å²) in [5.74, 6) is -0.987.